The Hall–Kier alpha value is -4.90. The van der Waals surface area contributed by atoms with Crippen LogP contribution in [0.5, 0.6) is 0 Å². The maximum absolute atomic E-state index is 14.0. The van der Waals surface area contributed by atoms with Crippen LogP contribution < -0.4 is 0 Å². The van der Waals surface area contributed by atoms with Crippen LogP contribution >= 0.6 is 0 Å². The van der Waals surface area contributed by atoms with E-state index < -0.39 is 6.85 Å². The summed E-state index contributed by atoms with van der Waals surface area (Å²) in [5, 5.41) is 1.80. The molecule has 247 valence electrons. The molecule has 0 saturated heterocycles. The topological polar surface area (TPSA) is 43.9 Å². The van der Waals surface area contributed by atoms with Gasteiger partial charge in [0, 0.05) is 47.6 Å². The van der Waals surface area contributed by atoms with Crippen LogP contribution in [0.15, 0.2) is 120 Å². The van der Waals surface area contributed by atoms with E-state index in [-0.39, 0.29) is 31.5 Å². The fraction of sp³-hybridized carbons (Fsp3) is 0.163. The summed E-state index contributed by atoms with van der Waals surface area (Å²) in [4.78, 5) is 9.22. The van der Waals surface area contributed by atoms with Gasteiger partial charge in [-0.25, -0.2) is 4.39 Å². The van der Waals surface area contributed by atoms with Crippen molar-refractivity contribution in [1.29, 1.82) is 0 Å². The second kappa shape index (κ2) is 14.3. The molecule has 0 spiro atoms. The van der Waals surface area contributed by atoms with Crippen LogP contribution in [0.25, 0.3) is 61.3 Å². The number of imidazole rings is 1. The van der Waals surface area contributed by atoms with Crippen LogP contribution in [-0.2, 0) is 20.1 Å². The zero-order valence-electron chi connectivity index (χ0n) is 30.6. The summed E-state index contributed by atoms with van der Waals surface area (Å²) >= 11 is 0. The minimum atomic E-state index is -2.09. The van der Waals surface area contributed by atoms with E-state index >= 15 is 0 Å². The standard InChI is InChI=1S/C31H26FN2O.C12H10N.Ir/c1-18(2)21-9-7-10-22(19(3)4)29(21)34-27-14-6-5-13-26(27)33-31(34)25-12-8-11-24-23-16-15-20(32)17-28(23)35-30(24)25;1-10-7-8-12(13-9-10)11-5-3-2-4-6-11;/h5-11,13-19H,1-4H3;2-5,7-9H,1H3;/q2*-1;/i;1D3;. The van der Waals surface area contributed by atoms with Crippen LogP contribution in [-0.4, -0.2) is 14.5 Å². The number of benzene rings is 5. The van der Waals surface area contributed by atoms with Gasteiger partial charge in [0.2, 0.25) is 0 Å². The summed E-state index contributed by atoms with van der Waals surface area (Å²) in [6.07, 6.45) is 1.39. The monoisotopic (exact) mass is 825 g/mol. The van der Waals surface area contributed by atoms with Crippen LogP contribution in [0.4, 0.5) is 4.39 Å². The van der Waals surface area contributed by atoms with E-state index in [1.807, 2.05) is 48.5 Å². The first-order valence-electron chi connectivity index (χ1n) is 17.6. The second-order valence-corrected chi connectivity index (χ2v) is 12.4. The molecule has 0 saturated carbocycles. The molecular weight excluding hydrogens is 786 g/mol. The minimum Gasteiger partial charge on any atom is -0.500 e. The van der Waals surface area contributed by atoms with Crippen molar-refractivity contribution in [1.82, 2.24) is 14.5 Å². The van der Waals surface area contributed by atoms with Crippen molar-refractivity contribution in [3.8, 4) is 28.3 Å². The summed E-state index contributed by atoms with van der Waals surface area (Å²) in [5.41, 5.74) is 9.43. The van der Waals surface area contributed by atoms with Crippen molar-refractivity contribution in [3.05, 3.63) is 150 Å². The summed E-state index contributed by atoms with van der Waals surface area (Å²) in [5.74, 6) is 1.10. The van der Waals surface area contributed by atoms with Crippen molar-refractivity contribution >= 4 is 33.0 Å². The molecule has 0 atom stereocenters. The molecule has 0 aliphatic carbocycles. The van der Waals surface area contributed by atoms with Crippen molar-refractivity contribution in [3.63, 3.8) is 0 Å². The summed E-state index contributed by atoms with van der Waals surface area (Å²) in [7, 11) is 0. The smallest absolute Gasteiger partial charge is 0.126 e. The molecule has 0 N–H and O–H groups in total. The fourth-order valence-electron chi connectivity index (χ4n) is 6.18. The molecule has 0 amide bonds. The third kappa shape index (κ3) is 6.59. The van der Waals surface area contributed by atoms with Gasteiger partial charge < -0.3 is 14.0 Å². The average molecular weight is 825 g/mol. The number of fused-ring (bicyclic) bond motifs is 4. The van der Waals surface area contributed by atoms with Crippen LogP contribution in [0.2, 0.25) is 0 Å². The number of halogens is 1. The Morgan fingerprint density at radius 1 is 0.796 bits per heavy atom. The number of hydrogen-bond acceptors (Lipinski definition) is 3. The third-order valence-corrected chi connectivity index (χ3v) is 8.49. The molecular formula is C43H36FIrN3O-2. The van der Waals surface area contributed by atoms with Gasteiger partial charge in [-0.2, -0.15) is 0 Å². The maximum Gasteiger partial charge on any atom is 0.126 e. The molecule has 49 heavy (non-hydrogen) atoms. The maximum atomic E-state index is 14.0. The molecule has 3 aromatic heterocycles. The summed E-state index contributed by atoms with van der Waals surface area (Å²) < 4.78 is 44.2. The van der Waals surface area contributed by atoms with Crippen molar-refractivity contribution in [2.24, 2.45) is 0 Å². The van der Waals surface area contributed by atoms with Crippen molar-refractivity contribution in [2.45, 2.75) is 46.4 Å². The molecule has 0 aliphatic heterocycles. The van der Waals surface area contributed by atoms with Gasteiger partial charge in [-0.15, -0.1) is 54.1 Å². The van der Waals surface area contributed by atoms with Gasteiger partial charge >= 0.3 is 0 Å². The first-order chi connectivity index (χ1) is 24.5. The fourth-order valence-corrected chi connectivity index (χ4v) is 6.18. The Morgan fingerprint density at radius 3 is 2.27 bits per heavy atom. The molecule has 0 fully saturated rings. The molecule has 0 bridgehead atoms. The van der Waals surface area contributed by atoms with Gasteiger partial charge in [-0.05, 0) is 65.3 Å². The Labute approximate surface area is 304 Å². The normalized spacial score (nSPS) is 12.4. The number of para-hydroxylation sites is 3. The molecule has 1 radical (unpaired) electrons. The molecule has 5 aromatic carbocycles. The number of aromatic nitrogens is 3. The van der Waals surface area contributed by atoms with Gasteiger partial charge in [0.1, 0.15) is 11.4 Å². The molecule has 3 heterocycles. The van der Waals surface area contributed by atoms with Crippen LogP contribution in [0.1, 0.15) is 60.3 Å². The largest absolute Gasteiger partial charge is 0.500 e. The molecule has 8 rings (SSSR count). The summed E-state index contributed by atoms with van der Waals surface area (Å²) in [6, 6.07) is 40.5. The Morgan fingerprint density at radius 2 is 1.57 bits per heavy atom. The predicted molar refractivity (Wildman–Crippen MR) is 194 cm³/mol. The van der Waals surface area contributed by atoms with Crippen molar-refractivity contribution in [2.75, 3.05) is 0 Å². The van der Waals surface area contributed by atoms with E-state index in [2.05, 4.69) is 73.6 Å². The van der Waals surface area contributed by atoms with Gasteiger partial charge in [-0.3, -0.25) is 4.98 Å². The number of rotatable bonds is 5. The van der Waals surface area contributed by atoms with Crippen molar-refractivity contribution < 1.29 is 33.0 Å². The number of aryl methyl sites for hydroxylation is 1. The third-order valence-electron chi connectivity index (χ3n) is 8.49. The zero-order valence-corrected chi connectivity index (χ0v) is 30.0. The van der Waals surface area contributed by atoms with E-state index in [0.717, 1.165) is 50.1 Å². The Kier molecular flexibility index (Phi) is 8.80. The minimum absolute atomic E-state index is 0. The molecule has 8 aromatic rings. The second-order valence-electron chi connectivity index (χ2n) is 12.4. The van der Waals surface area contributed by atoms with E-state index in [1.54, 1.807) is 24.3 Å². The first-order valence-corrected chi connectivity index (χ1v) is 16.1. The average Bonchev–Trinajstić information content (AvgIpc) is 3.69. The number of pyridine rings is 1. The quantitative estimate of drug-likeness (QED) is 0.162. The Bertz CT molecular complexity index is 2460. The zero-order chi connectivity index (χ0) is 35.9. The Balaban J connectivity index is 0.000000230. The van der Waals surface area contributed by atoms with E-state index in [4.69, 9.17) is 13.5 Å². The van der Waals surface area contributed by atoms with Crippen LogP contribution in [0, 0.1) is 24.8 Å². The number of nitrogens with zero attached hydrogens (tertiary/aromatic N) is 3. The predicted octanol–water partition coefficient (Wildman–Crippen LogP) is 11.6. The molecule has 6 heteroatoms. The van der Waals surface area contributed by atoms with Gasteiger partial charge in [0.15, 0.2) is 0 Å². The SMILES string of the molecule is CC(C)c1cccc(C(C)C)c1-n1c(-c2[c-]ccc3c2oc2cc(F)ccc23)nc2ccccc21.[2H]C([2H])([2H])c1ccc(-c2[c-]cccc2)nc1.[Ir]. The number of hydrogen-bond donors (Lipinski definition) is 0. The van der Waals surface area contributed by atoms with E-state index in [9.17, 15) is 4.39 Å². The van der Waals surface area contributed by atoms with Crippen LogP contribution in [0.3, 0.4) is 0 Å². The molecule has 0 unspecified atom stereocenters. The number of furan rings is 1. The van der Waals surface area contributed by atoms with E-state index in [1.165, 1.54) is 29.5 Å². The van der Waals surface area contributed by atoms with Gasteiger partial charge in [-0.1, -0.05) is 81.1 Å². The summed E-state index contributed by atoms with van der Waals surface area (Å²) in [6.45, 7) is 6.81. The molecule has 4 nitrogen and oxygen atoms in total. The molecule has 0 aliphatic rings. The first kappa shape index (κ1) is 30.2. The van der Waals surface area contributed by atoms with Gasteiger partial charge in [0.25, 0.3) is 0 Å². The van der Waals surface area contributed by atoms with Gasteiger partial charge in [0.05, 0.1) is 22.4 Å². The van der Waals surface area contributed by atoms with E-state index in [0.29, 0.717) is 23.0 Å².